The predicted octanol–water partition coefficient (Wildman–Crippen LogP) is 2.42. The molecule has 0 radical (unpaired) electrons. The Morgan fingerprint density at radius 2 is 1.87 bits per heavy atom. The second-order valence-electron chi connectivity index (χ2n) is 9.36. The molecular formula is C28H30N6O4. The van der Waals surface area contributed by atoms with Crippen molar-refractivity contribution in [1.82, 2.24) is 15.3 Å². The van der Waals surface area contributed by atoms with Crippen LogP contribution in [0.15, 0.2) is 54.9 Å². The second kappa shape index (κ2) is 11.4. The summed E-state index contributed by atoms with van der Waals surface area (Å²) in [5.41, 5.74) is 4.10. The van der Waals surface area contributed by atoms with Crippen LogP contribution < -0.4 is 15.1 Å². The SMILES string of the molecule is CC(=O)N1c2ccc(-c3ccc(C(=O)NC(CO)CO)nc3)cc2[C@H](N(C)c2ccc(C#N)cn2)C[C@@H]1C. The van der Waals surface area contributed by atoms with Crippen LogP contribution in [-0.4, -0.2) is 64.3 Å². The van der Waals surface area contributed by atoms with E-state index in [1.165, 1.54) is 0 Å². The highest BCUT2D eigenvalue weighted by molar-refractivity contribution is 5.95. The van der Waals surface area contributed by atoms with Gasteiger partial charge in [0, 0.05) is 43.7 Å². The summed E-state index contributed by atoms with van der Waals surface area (Å²) in [6.45, 7) is 2.83. The van der Waals surface area contributed by atoms with Crippen molar-refractivity contribution in [3.05, 3.63) is 71.7 Å². The van der Waals surface area contributed by atoms with Gasteiger partial charge in [-0.1, -0.05) is 12.1 Å². The Bertz CT molecular complexity index is 1350. The molecule has 1 aliphatic heterocycles. The highest BCUT2D eigenvalue weighted by Crippen LogP contribution is 2.43. The number of aromatic nitrogens is 2. The number of benzene rings is 1. The van der Waals surface area contributed by atoms with Gasteiger partial charge in [0.15, 0.2) is 0 Å². The maximum atomic E-state index is 12.6. The number of anilines is 2. The quantitative estimate of drug-likeness (QED) is 0.436. The lowest BCUT2D eigenvalue weighted by Gasteiger charge is -2.42. The number of fused-ring (bicyclic) bond motifs is 1. The third kappa shape index (κ3) is 5.34. The number of nitrogens with zero attached hydrogens (tertiary/aromatic N) is 5. The summed E-state index contributed by atoms with van der Waals surface area (Å²) in [5, 5.41) is 30.0. The first kappa shape index (κ1) is 26.7. The molecule has 2 amide bonds. The normalized spacial score (nSPS) is 16.5. The largest absolute Gasteiger partial charge is 0.394 e. The smallest absolute Gasteiger partial charge is 0.270 e. The molecule has 10 nitrogen and oxygen atoms in total. The van der Waals surface area contributed by atoms with Gasteiger partial charge in [-0.2, -0.15) is 5.26 Å². The number of hydrogen-bond donors (Lipinski definition) is 3. The van der Waals surface area contributed by atoms with Gasteiger partial charge in [0.05, 0.1) is 30.9 Å². The molecule has 4 rings (SSSR count). The number of rotatable bonds is 7. The fourth-order valence-corrected chi connectivity index (χ4v) is 4.79. The molecule has 2 aromatic heterocycles. The molecule has 0 fully saturated rings. The Morgan fingerprint density at radius 1 is 1.13 bits per heavy atom. The molecule has 1 aliphatic rings. The average Bonchev–Trinajstić information content (AvgIpc) is 2.94. The monoisotopic (exact) mass is 514 g/mol. The van der Waals surface area contributed by atoms with Crippen LogP contribution in [0, 0.1) is 11.3 Å². The number of hydrogen-bond acceptors (Lipinski definition) is 8. The first-order chi connectivity index (χ1) is 18.3. The van der Waals surface area contributed by atoms with E-state index in [-0.39, 0.29) is 36.9 Å². The summed E-state index contributed by atoms with van der Waals surface area (Å²) in [6.07, 6.45) is 3.82. The van der Waals surface area contributed by atoms with Gasteiger partial charge >= 0.3 is 0 Å². The van der Waals surface area contributed by atoms with Gasteiger partial charge in [0.1, 0.15) is 17.6 Å². The van der Waals surface area contributed by atoms with E-state index in [1.54, 1.807) is 42.4 Å². The standard InChI is InChI=1S/C28H30N6O4/c1-17-10-26(33(3)27-9-4-19(12-29)13-31-27)23-11-20(6-8-25(23)34(17)18(2)37)21-5-7-24(30-14-21)28(38)32-22(15-35)16-36/h4-9,11,13-14,17,22,26,35-36H,10,15-16H2,1-3H3,(H,32,38)/t17-,26+/m0/s1. The van der Waals surface area contributed by atoms with Crippen molar-refractivity contribution >= 4 is 23.3 Å². The van der Waals surface area contributed by atoms with Crippen molar-refractivity contribution in [1.29, 1.82) is 5.26 Å². The van der Waals surface area contributed by atoms with Crippen LogP contribution in [0.1, 0.15) is 47.9 Å². The summed E-state index contributed by atoms with van der Waals surface area (Å²) in [4.78, 5) is 37.5. The Morgan fingerprint density at radius 3 is 2.45 bits per heavy atom. The maximum absolute atomic E-state index is 12.6. The number of pyridine rings is 2. The number of aliphatic hydroxyl groups is 2. The number of amides is 2. The first-order valence-electron chi connectivity index (χ1n) is 12.3. The fourth-order valence-electron chi connectivity index (χ4n) is 4.79. The van der Waals surface area contributed by atoms with E-state index in [1.807, 2.05) is 38.2 Å². The van der Waals surface area contributed by atoms with E-state index >= 15 is 0 Å². The van der Waals surface area contributed by atoms with Gasteiger partial charge in [0.2, 0.25) is 5.91 Å². The number of nitrogens with one attached hydrogen (secondary N) is 1. The van der Waals surface area contributed by atoms with Crippen LogP contribution in [0.2, 0.25) is 0 Å². The van der Waals surface area contributed by atoms with Gasteiger partial charge in [-0.15, -0.1) is 0 Å². The highest BCUT2D eigenvalue weighted by atomic mass is 16.3. The lowest BCUT2D eigenvalue weighted by atomic mass is 9.88. The molecule has 3 N–H and O–H groups in total. The summed E-state index contributed by atoms with van der Waals surface area (Å²) < 4.78 is 0. The van der Waals surface area contributed by atoms with E-state index in [0.717, 1.165) is 28.2 Å². The minimum Gasteiger partial charge on any atom is -0.394 e. The molecule has 0 bridgehead atoms. The molecule has 38 heavy (non-hydrogen) atoms. The number of nitriles is 1. The van der Waals surface area contributed by atoms with Crippen molar-refractivity contribution in [2.45, 2.75) is 38.4 Å². The van der Waals surface area contributed by atoms with Crippen molar-refractivity contribution in [3.8, 4) is 17.2 Å². The highest BCUT2D eigenvalue weighted by Gasteiger charge is 2.35. The Balaban J connectivity index is 1.69. The molecule has 0 saturated heterocycles. The van der Waals surface area contributed by atoms with Crippen LogP contribution >= 0.6 is 0 Å². The minimum absolute atomic E-state index is 0.0298. The number of carbonyl (C=O) groups excluding carboxylic acids is 2. The predicted molar refractivity (Wildman–Crippen MR) is 142 cm³/mol. The first-order valence-corrected chi connectivity index (χ1v) is 12.3. The fraction of sp³-hybridized carbons (Fsp3) is 0.321. The van der Waals surface area contributed by atoms with Gasteiger partial charge in [0.25, 0.3) is 5.91 Å². The van der Waals surface area contributed by atoms with Crippen LogP contribution in [0.3, 0.4) is 0 Å². The summed E-state index contributed by atoms with van der Waals surface area (Å²) in [5.74, 6) is 0.193. The van der Waals surface area contributed by atoms with Crippen LogP contribution in [-0.2, 0) is 4.79 Å². The lowest BCUT2D eigenvalue weighted by molar-refractivity contribution is -0.117. The molecule has 3 heterocycles. The topological polar surface area (TPSA) is 143 Å². The van der Waals surface area contributed by atoms with Gasteiger partial charge in [-0.3, -0.25) is 14.6 Å². The minimum atomic E-state index is -0.754. The zero-order chi connectivity index (χ0) is 27.4. The molecule has 1 aromatic carbocycles. The van der Waals surface area contributed by atoms with E-state index in [0.29, 0.717) is 12.0 Å². The van der Waals surface area contributed by atoms with Gasteiger partial charge < -0.3 is 25.3 Å². The lowest BCUT2D eigenvalue weighted by Crippen LogP contribution is -2.45. The summed E-state index contributed by atoms with van der Waals surface area (Å²) >= 11 is 0. The Hall–Kier alpha value is -4.33. The third-order valence-electron chi connectivity index (χ3n) is 6.80. The molecule has 2 atom stereocenters. The van der Waals surface area contributed by atoms with Crippen LogP contribution in [0.5, 0.6) is 0 Å². The van der Waals surface area contributed by atoms with E-state index in [2.05, 4.69) is 26.3 Å². The van der Waals surface area contributed by atoms with Gasteiger partial charge in [-0.05, 0) is 54.8 Å². The van der Waals surface area contributed by atoms with Crippen LogP contribution in [0.25, 0.3) is 11.1 Å². The average molecular weight is 515 g/mol. The second-order valence-corrected chi connectivity index (χ2v) is 9.36. The molecule has 196 valence electrons. The molecule has 0 spiro atoms. The van der Waals surface area contributed by atoms with Crippen molar-refractivity contribution in [3.63, 3.8) is 0 Å². The molecular weight excluding hydrogens is 484 g/mol. The number of carbonyl (C=O) groups is 2. The molecule has 0 saturated carbocycles. The van der Waals surface area contributed by atoms with E-state index < -0.39 is 11.9 Å². The Kier molecular flexibility index (Phi) is 8.00. The maximum Gasteiger partial charge on any atom is 0.270 e. The zero-order valence-corrected chi connectivity index (χ0v) is 21.5. The molecule has 0 aliphatic carbocycles. The van der Waals surface area contributed by atoms with E-state index in [9.17, 15) is 19.8 Å². The Labute approximate surface area is 221 Å². The third-order valence-corrected chi connectivity index (χ3v) is 6.80. The molecule has 10 heteroatoms. The van der Waals surface area contributed by atoms with Crippen molar-refractivity contribution in [2.75, 3.05) is 30.1 Å². The van der Waals surface area contributed by atoms with Crippen molar-refractivity contribution in [2.24, 2.45) is 0 Å². The molecule has 3 aromatic rings. The number of aliphatic hydroxyl groups excluding tert-OH is 2. The van der Waals surface area contributed by atoms with E-state index in [4.69, 9.17) is 5.26 Å². The summed E-state index contributed by atoms with van der Waals surface area (Å²) in [6, 6.07) is 14.0. The zero-order valence-electron chi connectivity index (χ0n) is 21.5. The van der Waals surface area contributed by atoms with Gasteiger partial charge in [-0.25, -0.2) is 4.98 Å². The van der Waals surface area contributed by atoms with Crippen molar-refractivity contribution < 1.29 is 19.8 Å². The summed E-state index contributed by atoms with van der Waals surface area (Å²) in [7, 11) is 1.95. The molecule has 0 unspecified atom stereocenters. The van der Waals surface area contributed by atoms with Crippen LogP contribution in [0.4, 0.5) is 11.5 Å².